The number of aryl methyl sites for hydroxylation is 2. The third-order valence-corrected chi connectivity index (χ3v) is 4.03. The molecular weight excluding hydrogens is 250 g/mol. The number of nitrogens with one attached hydrogen (secondary N) is 1. The van der Waals surface area contributed by atoms with Gasteiger partial charge in [0, 0.05) is 9.90 Å². The third kappa shape index (κ3) is 2.71. The summed E-state index contributed by atoms with van der Waals surface area (Å²) in [7, 11) is 1.99. The van der Waals surface area contributed by atoms with Gasteiger partial charge >= 0.3 is 0 Å². The zero-order valence-corrected chi connectivity index (χ0v) is 11.8. The van der Waals surface area contributed by atoms with Crippen molar-refractivity contribution < 1.29 is 0 Å². The van der Waals surface area contributed by atoms with Gasteiger partial charge in [0.1, 0.15) is 0 Å². The van der Waals surface area contributed by atoms with Crippen molar-refractivity contribution in [3.63, 3.8) is 0 Å². The van der Waals surface area contributed by atoms with Gasteiger partial charge in [0.2, 0.25) is 0 Å². The molecule has 2 aromatic rings. The predicted molar refractivity (Wildman–Crippen MR) is 76.1 cm³/mol. The first-order valence-electron chi connectivity index (χ1n) is 5.60. The summed E-state index contributed by atoms with van der Waals surface area (Å²) in [6.07, 6.45) is 0. The Kier molecular flexibility index (Phi) is 3.87. The van der Waals surface area contributed by atoms with Crippen LogP contribution in [0.5, 0.6) is 0 Å². The van der Waals surface area contributed by atoms with E-state index in [-0.39, 0.29) is 6.04 Å². The minimum atomic E-state index is 0.247. The van der Waals surface area contributed by atoms with Crippen LogP contribution < -0.4 is 5.32 Å². The van der Waals surface area contributed by atoms with E-state index in [1.54, 1.807) is 11.3 Å². The SMILES string of the molecule is CNC(c1csc(C)c1)c1ccc(Cl)cc1C. The van der Waals surface area contributed by atoms with Crippen molar-refractivity contribution in [2.24, 2.45) is 0 Å². The highest BCUT2D eigenvalue weighted by molar-refractivity contribution is 7.10. The first kappa shape index (κ1) is 12.6. The summed E-state index contributed by atoms with van der Waals surface area (Å²) < 4.78 is 0. The Morgan fingerprint density at radius 2 is 2.00 bits per heavy atom. The van der Waals surface area contributed by atoms with E-state index in [1.165, 1.54) is 21.6 Å². The van der Waals surface area contributed by atoms with Gasteiger partial charge in [0.15, 0.2) is 0 Å². The van der Waals surface area contributed by atoms with E-state index < -0.39 is 0 Å². The van der Waals surface area contributed by atoms with E-state index in [9.17, 15) is 0 Å². The van der Waals surface area contributed by atoms with Crippen LogP contribution in [0.3, 0.4) is 0 Å². The van der Waals surface area contributed by atoms with Gasteiger partial charge in [-0.15, -0.1) is 11.3 Å². The minimum Gasteiger partial charge on any atom is -0.309 e. The number of hydrogen-bond acceptors (Lipinski definition) is 2. The summed E-state index contributed by atoms with van der Waals surface area (Å²) in [5.74, 6) is 0. The van der Waals surface area contributed by atoms with Gasteiger partial charge in [0.25, 0.3) is 0 Å². The summed E-state index contributed by atoms with van der Waals surface area (Å²) in [6.45, 7) is 4.24. The molecule has 17 heavy (non-hydrogen) atoms. The van der Waals surface area contributed by atoms with Gasteiger partial charge in [-0.3, -0.25) is 0 Å². The summed E-state index contributed by atoms with van der Waals surface area (Å²) in [5.41, 5.74) is 3.83. The second-order valence-corrected chi connectivity index (χ2v) is 5.77. The molecule has 2 rings (SSSR count). The van der Waals surface area contributed by atoms with Crippen molar-refractivity contribution >= 4 is 22.9 Å². The van der Waals surface area contributed by atoms with Gasteiger partial charge in [-0.05, 0) is 61.2 Å². The Balaban J connectivity index is 2.42. The van der Waals surface area contributed by atoms with Gasteiger partial charge in [-0.25, -0.2) is 0 Å². The lowest BCUT2D eigenvalue weighted by molar-refractivity contribution is 0.690. The van der Waals surface area contributed by atoms with Crippen LogP contribution in [-0.4, -0.2) is 7.05 Å². The molecule has 1 atom stereocenters. The first-order valence-corrected chi connectivity index (χ1v) is 6.86. The van der Waals surface area contributed by atoms with Crippen molar-refractivity contribution in [1.82, 2.24) is 5.32 Å². The molecule has 0 amide bonds. The van der Waals surface area contributed by atoms with Gasteiger partial charge in [-0.2, -0.15) is 0 Å². The van der Waals surface area contributed by atoms with Crippen molar-refractivity contribution in [2.75, 3.05) is 7.05 Å². The number of hydrogen-bond donors (Lipinski definition) is 1. The number of rotatable bonds is 3. The highest BCUT2D eigenvalue weighted by Gasteiger charge is 2.15. The van der Waals surface area contributed by atoms with Crippen molar-refractivity contribution in [1.29, 1.82) is 0 Å². The van der Waals surface area contributed by atoms with Crippen LogP contribution in [0.4, 0.5) is 0 Å². The quantitative estimate of drug-likeness (QED) is 0.871. The standard InChI is InChI=1S/C14H16ClNS/c1-9-6-12(15)4-5-13(9)14(16-3)11-7-10(2)17-8-11/h4-8,14,16H,1-3H3. The van der Waals surface area contributed by atoms with Crippen LogP contribution in [0.1, 0.15) is 27.6 Å². The van der Waals surface area contributed by atoms with E-state index in [0.717, 1.165) is 5.02 Å². The summed E-state index contributed by atoms with van der Waals surface area (Å²) >= 11 is 7.78. The highest BCUT2D eigenvalue weighted by atomic mass is 35.5. The Labute approximate surface area is 111 Å². The smallest absolute Gasteiger partial charge is 0.0585 e. The molecule has 90 valence electrons. The Morgan fingerprint density at radius 3 is 2.53 bits per heavy atom. The average molecular weight is 266 g/mol. The predicted octanol–water partition coefficient (Wildman–Crippen LogP) is 4.33. The average Bonchev–Trinajstić information content (AvgIpc) is 2.69. The van der Waals surface area contributed by atoms with Crippen LogP contribution in [0, 0.1) is 13.8 Å². The third-order valence-electron chi connectivity index (χ3n) is 2.92. The topological polar surface area (TPSA) is 12.0 Å². The van der Waals surface area contributed by atoms with Crippen molar-refractivity contribution in [3.05, 3.63) is 56.2 Å². The summed E-state index contributed by atoms with van der Waals surface area (Å²) in [5, 5.41) is 6.38. The highest BCUT2D eigenvalue weighted by Crippen LogP contribution is 2.29. The van der Waals surface area contributed by atoms with Crippen LogP contribution in [0.25, 0.3) is 0 Å². The molecule has 0 saturated carbocycles. The number of halogens is 1. The van der Waals surface area contributed by atoms with E-state index in [4.69, 9.17) is 11.6 Å². The molecule has 1 N–H and O–H groups in total. The zero-order chi connectivity index (χ0) is 12.4. The van der Waals surface area contributed by atoms with E-state index in [2.05, 4.69) is 36.7 Å². The maximum atomic E-state index is 6.00. The van der Waals surface area contributed by atoms with Gasteiger partial charge in [0.05, 0.1) is 6.04 Å². The lowest BCUT2D eigenvalue weighted by atomic mass is 9.97. The normalized spacial score (nSPS) is 12.7. The van der Waals surface area contributed by atoms with Crippen LogP contribution in [0.15, 0.2) is 29.6 Å². The molecule has 1 aromatic carbocycles. The molecule has 0 saturated heterocycles. The van der Waals surface area contributed by atoms with Crippen molar-refractivity contribution in [3.8, 4) is 0 Å². The largest absolute Gasteiger partial charge is 0.309 e. The second-order valence-electron chi connectivity index (χ2n) is 4.21. The Bertz CT molecular complexity index is 519. The summed E-state index contributed by atoms with van der Waals surface area (Å²) in [6, 6.07) is 8.55. The second kappa shape index (κ2) is 5.21. The number of benzene rings is 1. The maximum Gasteiger partial charge on any atom is 0.0585 e. The molecule has 0 spiro atoms. The molecule has 1 nitrogen and oxygen atoms in total. The fraction of sp³-hybridized carbons (Fsp3) is 0.286. The fourth-order valence-electron chi connectivity index (χ4n) is 2.08. The van der Waals surface area contributed by atoms with Crippen LogP contribution >= 0.6 is 22.9 Å². The molecule has 0 bridgehead atoms. The van der Waals surface area contributed by atoms with Gasteiger partial charge in [-0.1, -0.05) is 17.7 Å². The molecule has 3 heteroatoms. The first-order chi connectivity index (χ1) is 8.11. The Hall–Kier alpha value is -0.830. The molecule has 0 aliphatic carbocycles. The van der Waals surface area contributed by atoms with Gasteiger partial charge < -0.3 is 5.32 Å². The van der Waals surface area contributed by atoms with E-state index in [1.807, 2.05) is 19.2 Å². The molecule has 0 aliphatic rings. The summed E-state index contributed by atoms with van der Waals surface area (Å²) in [4.78, 5) is 1.34. The lowest BCUT2D eigenvalue weighted by Gasteiger charge is -2.18. The molecular formula is C14H16ClNS. The van der Waals surface area contributed by atoms with Crippen molar-refractivity contribution in [2.45, 2.75) is 19.9 Å². The molecule has 1 unspecified atom stereocenters. The Morgan fingerprint density at radius 1 is 1.24 bits per heavy atom. The molecule has 0 aliphatic heterocycles. The molecule has 0 radical (unpaired) electrons. The maximum absolute atomic E-state index is 6.00. The van der Waals surface area contributed by atoms with E-state index in [0.29, 0.717) is 0 Å². The zero-order valence-electron chi connectivity index (χ0n) is 10.3. The minimum absolute atomic E-state index is 0.247. The number of thiophene rings is 1. The van der Waals surface area contributed by atoms with E-state index >= 15 is 0 Å². The monoisotopic (exact) mass is 265 g/mol. The van der Waals surface area contributed by atoms with Crippen LogP contribution in [-0.2, 0) is 0 Å². The fourth-order valence-corrected chi connectivity index (χ4v) is 3.04. The molecule has 1 heterocycles. The van der Waals surface area contributed by atoms with Crippen LogP contribution in [0.2, 0.25) is 5.02 Å². The lowest BCUT2D eigenvalue weighted by Crippen LogP contribution is -2.18. The molecule has 0 fully saturated rings. The molecule has 1 aromatic heterocycles.